The molecule has 2 unspecified atom stereocenters. The van der Waals surface area contributed by atoms with Gasteiger partial charge in [0.15, 0.2) is 10.5 Å². The zero-order valence-corrected chi connectivity index (χ0v) is 17.3. The molecule has 0 amide bonds. The molecule has 1 aromatic heterocycles. The van der Waals surface area contributed by atoms with Gasteiger partial charge in [0.25, 0.3) is 0 Å². The van der Waals surface area contributed by atoms with Crippen LogP contribution in [0.15, 0.2) is 32.5 Å². The number of fused-ring (bicyclic) bond motifs is 1. The normalized spacial score (nSPS) is 15.1. The largest absolute Gasteiger partial charge is 0.598 e. The number of nitrogens with one attached hydrogen (secondary N) is 1. The van der Waals surface area contributed by atoms with E-state index in [1.54, 1.807) is 27.7 Å². The highest BCUT2D eigenvalue weighted by Crippen LogP contribution is 2.36. The fourth-order valence-corrected chi connectivity index (χ4v) is 3.78. The second-order valence-corrected chi connectivity index (χ2v) is 10.3. The third-order valence-corrected chi connectivity index (χ3v) is 6.21. The van der Waals surface area contributed by atoms with Crippen molar-refractivity contribution in [2.24, 2.45) is 0 Å². The Kier molecular flexibility index (Phi) is 6.61. The van der Waals surface area contributed by atoms with Crippen LogP contribution in [-0.4, -0.2) is 15.1 Å². The van der Waals surface area contributed by atoms with E-state index in [0.717, 1.165) is 12.1 Å². The van der Waals surface area contributed by atoms with Gasteiger partial charge in [-0.05, 0) is 45.6 Å². The molecule has 150 valence electrons. The lowest BCUT2D eigenvalue weighted by molar-refractivity contribution is -0.137. The molecule has 0 radical (unpaired) electrons. The van der Waals surface area contributed by atoms with Crippen molar-refractivity contribution in [1.29, 1.82) is 0 Å². The first-order valence-electron chi connectivity index (χ1n) is 8.34. The predicted octanol–water partition coefficient (Wildman–Crippen LogP) is 5.04. The lowest BCUT2D eigenvalue weighted by Crippen LogP contribution is -2.40. The molecule has 1 aromatic carbocycles. The number of hydrogen-bond acceptors (Lipinski definition) is 5. The van der Waals surface area contributed by atoms with Crippen molar-refractivity contribution < 1.29 is 22.1 Å². The monoisotopic (exact) mass is 421 g/mol. The van der Waals surface area contributed by atoms with Crippen LogP contribution in [0.3, 0.4) is 0 Å². The number of alkyl halides is 3. The van der Waals surface area contributed by atoms with Gasteiger partial charge in [-0.2, -0.15) is 13.2 Å². The number of benzene rings is 1. The summed E-state index contributed by atoms with van der Waals surface area (Å²) >= 11 is -0.226. The third-order valence-electron chi connectivity index (χ3n) is 3.76. The van der Waals surface area contributed by atoms with Crippen LogP contribution < -0.4 is 10.2 Å². The van der Waals surface area contributed by atoms with E-state index in [4.69, 9.17) is 4.42 Å². The summed E-state index contributed by atoms with van der Waals surface area (Å²) in [6.07, 6.45) is -4.62. The van der Waals surface area contributed by atoms with E-state index in [-0.39, 0.29) is 16.5 Å². The van der Waals surface area contributed by atoms with E-state index in [9.17, 15) is 22.5 Å². The van der Waals surface area contributed by atoms with Crippen LogP contribution in [0.2, 0.25) is 0 Å². The van der Waals surface area contributed by atoms with E-state index in [1.807, 2.05) is 6.92 Å². The Morgan fingerprint density at radius 2 is 1.89 bits per heavy atom. The van der Waals surface area contributed by atoms with Crippen molar-refractivity contribution in [3.8, 4) is 0 Å². The van der Waals surface area contributed by atoms with Crippen LogP contribution in [0, 0.1) is 0 Å². The number of hydrogen-bond donors (Lipinski definition) is 1. The van der Waals surface area contributed by atoms with Crippen LogP contribution in [0.1, 0.15) is 51.8 Å². The maximum atomic E-state index is 13.3. The van der Waals surface area contributed by atoms with Crippen molar-refractivity contribution in [2.75, 3.05) is 5.75 Å². The Labute approximate surface area is 163 Å². The summed E-state index contributed by atoms with van der Waals surface area (Å²) in [4.78, 5) is 12.4. The minimum absolute atomic E-state index is 0.0809. The van der Waals surface area contributed by atoms with Crippen molar-refractivity contribution in [3.05, 3.63) is 39.5 Å². The molecule has 2 rings (SSSR count). The van der Waals surface area contributed by atoms with E-state index in [1.165, 1.54) is 17.8 Å². The highest BCUT2D eigenvalue weighted by molar-refractivity contribution is 7.99. The molecule has 0 saturated carbocycles. The molecule has 0 bridgehead atoms. The smallest absolute Gasteiger partial charge is 0.416 e. The molecule has 4 nitrogen and oxygen atoms in total. The highest BCUT2D eigenvalue weighted by atomic mass is 32.2. The second kappa shape index (κ2) is 8.06. The summed E-state index contributed by atoms with van der Waals surface area (Å²) in [7, 11) is 0. The number of thioether (sulfide) groups is 1. The Hall–Kier alpha value is -1.16. The summed E-state index contributed by atoms with van der Waals surface area (Å²) < 4.78 is 60.3. The van der Waals surface area contributed by atoms with Crippen molar-refractivity contribution in [1.82, 2.24) is 4.72 Å². The zero-order valence-electron chi connectivity index (χ0n) is 15.7. The molecule has 2 atom stereocenters. The zero-order chi connectivity index (χ0) is 20.6. The maximum absolute atomic E-state index is 13.3. The van der Waals surface area contributed by atoms with Gasteiger partial charge in [-0.15, -0.1) is 4.72 Å². The van der Waals surface area contributed by atoms with Crippen LogP contribution in [0.25, 0.3) is 11.0 Å². The van der Waals surface area contributed by atoms with Crippen molar-refractivity contribution >= 4 is 34.1 Å². The molecular weight excluding hydrogens is 399 g/mol. The van der Waals surface area contributed by atoms with Gasteiger partial charge in [0.1, 0.15) is 10.3 Å². The van der Waals surface area contributed by atoms with Gasteiger partial charge in [0.05, 0.1) is 17.0 Å². The second-order valence-electron chi connectivity index (χ2n) is 7.02. The molecule has 9 heteroatoms. The minimum atomic E-state index is -4.62. The standard InChI is InChI=1S/C18H22F3NO3S2/c1-6-26-15-9-14(23)13-8-11(18(19,20)21)7-12(16(13)25-15)10(2)22-27(24)17(3,4)5/h7-10,22H,6H2,1-5H3. The van der Waals surface area contributed by atoms with Gasteiger partial charge < -0.3 is 8.97 Å². The van der Waals surface area contributed by atoms with Gasteiger partial charge in [0, 0.05) is 23.0 Å². The number of rotatable bonds is 5. The van der Waals surface area contributed by atoms with Crippen LogP contribution >= 0.6 is 11.8 Å². The fraction of sp³-hybridized carbons (Fsp3) is 0.500. The summed E-state index contributed by atoms with van der Waals surface area (Å²) in [6, 6.07) is 2.23. The molecule has 27 heavy (non-hydrogen) atoms. The Balaban J connectivity index is 2.68. The SMILES string of the molecule is CCSc1cc(=O)c2cc(C(F)(F)F)cc(C(C)N[S+]([O-])C(C)(C)C)c2o1. The summed E-state index contributed by atoms with van der Waals surface area (Å²) in [5.41, 5.74) is -1.25. The molecule has 1 N–H and O–H groups in total. The summed E-state index contributed by atoms with van der Waals surface area (Å²) in [5, 5.41) is 0.190. The molecule has 0 aliphatic heterocycles. The Bertz CT molecular complexity index is 875. The lowest BCUT2D eigenvalue weighted by Gasteiger charge is -2.27. The fourth-order valence-electron chi connectivity index (χ4n) is 2.36. The molecule has 1 heterocycles. The van der Waals surface area contributed by atoms with Gasteiger partial charge in [-0.3, -0.25) is 4.79 Å². The van der Waals surface area contributed by atoms with Crippen molar-refractivity contribution in [3.63, 3.8) is 0 Å². The average Bonchev–Trinajstić information content (AvgIpc) is 2.52. The van der Waals surface area contributed by atoms with Crippen LogP contribution in [0.5, 0.6) is 0 Å². The summed E-state index contributed by atoms with van der Waals surface area (Å²) in [6.45, 7) is 8.73. The molecule has 0 aliphatic rings. The first-order chi connectivity index (χ1) is 12.3. The van der Waals surface area contributed by atoms with E-state index < -0.39 is 39.3 Å². The quantitative estimate of drug-likeness (QED) is 0.541. The van der Waals surface area contributed by atoms with E-state index >= 15 is 0 Å². The van der Waals surface area contributed by atoms with Gasteiger partial charge in [-0.1, -0.05) is 18.7 Å². The van der Waals surface area contributed by atoms with Crippen molar-refractivity contribution in [2.45, 2.75) is 56.7 Å². The lowest BCUT2D eigenvalue weighted by atomic mass is 10.0. The van der Waals surface area contributed by atoms with Crippen LogP contribution in [-0.2, 0) is 17.5 Å². The first-order valence-corrected chi connectivity index (χ1v) is 10.5. The highest BCUT2D eigenvalue weighted by Gasteiger charge is 2.34. The van der Waals surface area contributed by atoms with E-state index in [0.29, 0.717) is 10.8 Å². The van der Waals surface area contributed by atoms with Gasteiger partial charge in [-0.25, -0.2) is 0 Å². The Morgan fingerprint density at radius 3 is 2.41 bits per heavy atom. The molecule has 0 fully saturated rings. The van der Waals surface area contributed by atoms with Gasteiger partial charge >= 0.3 is 6.18 Å². The Morgan fingerprint density at radius 1 is 1.26 bits per heavy atom. The summed E-state index contributed by atoms with van der Waals surface area (Å²) in [5.74, 6) is 0.645. The van der Waals surface area contributed by atoms with Crippen LogP contribution in [0.4, 0.5) is 13.2 Å². The number of halogens is 3. The molecule has 0 spiro atoms. The molecule has 2 aromatic rings. The average molecular weight is 422 g/mol. The van der Waals surface area contributed by atoms with Gasteiger partial charge in [0.2, 0.25) is 0 Å². The molecule has 0 saturated heterocycles. The predicted molar refractivity (Wildman–Crippen MR) is 103 cm³/mol. The van der Waals surface area contributed by atoms with E-state index in [2.05, 4.69) is 4.72 Å². The maximum Gasteiger partial charge on any atom is 0.416 e. The third kappa shape index (κ3) is 5.22. The molecule has 0 aliphatic carbocycles. The minimum Gasteiger partial charge on any atom is -0.598 e. The molecular formula is C18H22F3NO3S2. The topological polar surface area (TPSA) is 65.3 Å². The first kappa shape index (κ1) is 22.1.